The summed E-state index contributed by atoms with van der Waals surface area (Å²) >= 11 is 0. The summed E-state index contributed by atoms with van der Waals surface area (Å²) in [6.45, 7) is 7.52. The highest BCUT2D eigenvalue weighted by Crippen LogP contribution is 2.15. The second kappa shape index (κ2) is 38.9. The molecule has 254 valence electrons. The van der Waals surface area contributed by atoms with Gasteiger partial charge in [-0.3, -0.25) is 0 Å². The van der Waals surface area contributed by atoms with Crippen LogP contribution < -0.4 is 5.73 Å². The molecule has 3 nitrogen and oxygen atoms in total. The van der Waals surface area contributed by atoms with Gasteiger partial charge in [-0.15, -0.1) is 0 Å². The lowest BCUT2D eigenvalue weighted by molar-refractivity contribution is -0.0136. The van der Waals surface area contributed by atoms with Gasteiger partial charge in [-0.1, -0.05) is 206 Å². The Balaban J connectivity index is 3.24. The predicted molar refractivity (Wildman–Crippen MR) is 189 cm³/mol. The first-order valence-electron chi connectivity index (χ1n) is 19.7. The van der Waals surface area contributed by atoms with Gasteiger partial charge < -0.3 is 15.2 Å². The van der Waals surface area contributed by atoms with Crippen LogP contribution in [0.5, 0.6) is 0 Å². The molecule has 0 aromatic carbocycles. The number of hydrogen-bond acceptors (Lipinski definition) is 3. The molecule has 0 saturated carbocycles. The van der Waals surface area contributed by atoms with Crippen LogP contribution in [0.4, 0.5) is 0 Å². The monoisotopic (exact) mass is 596 g/mol. The summed E-state index contributed by atoms with van der Waals surface area (Å²) in [5.41, 5.74) is 5.92. The van der Waals surface area contributed by atoms with E-state index < -0.39 is 0 Å². The minimum atomic E-state index is 0.0717. The molecule has 0 heterocycles. The molecule has 0 aromatic heterocycles. The van der Waals surface area contributed by atoms with Crippen molar-refractivity contribution < 1.29 is 9.47 Å². The van der Waals surface area contributed by atoms with E-state index in [1.54, 1.807) is 0 Å². The third-order valence-electron chi connectivity index (χ3n) is 9.06. The molecule has 3 heteroatoms. The Hall–Kier alpha value is -0.120. The average Bonchev–Trinajstić information content (AvgIpc) is 3.00. The lowest BCUT2D eigenvalue weighted by Gasteiger charge is -2.16. The number of nitrogens with two attached hydrogens (primary N) is 1. The summed E-state index contributed by atoms with van der Waals surface area (Å²) in [7, 11) is 0. The zero-order valence-electron chi connectivity index (χ0n) is 29.4. The fourth-order valence-electron chi connectivity index (χ4n) is 6.05. The smallest absolute Gasteiger partial charge is 0.0930 e. The van der Waals surface area contributed by atoms with E-state index in [-0.39, 0.29) is 6.10 Å². The molecule has 42 heavy (non-hydrogen) atoms. The summed E-state index contributed by atoms with van der Waals surface area (Å²) in [4.78, 5) is 0. The van der Waals surface area contributed by atoms with Gasteiger partial charge in [0, 0.05) is 19.8 Å². The van der Waals surface area contributed by atoms with Crippen LogP contribution in [0.1, 0.15) is 219 Å². The first-order chi connectivity index (χ1) is 20.8. The van der Waals surface area contributed by atoms with Gasteiger partial charge in [0.05, 0.1) is 12.7 Å². The molecule has 2 N–H and O–H groups in total. The molecule has 0 spiro atoms. The van der Waals surface area contributed by atoms with Crippen molar-refractivity contribution >= 4 is 0 Å². The van der Waals surface area contributed by atoms with Crippen LogP contribution in [-0.4, -0.2) is 32.5 Å². The SMILES string of the molecule is CCCCCCCCCCCCCCCCCCOCC(CN)OCCCCCCCCCCCCCCCCCC. The number of ether oxygens (including phenoxy) is 2. The summed E-state index contributed by atoms with van der Waals surface area (Å²) < 4.78 is 11.9. The average molecular weight is 596 g/mol. The topological polar surface area (TPSA) is 44.5 Å². The van der Waals surface area contributed by atoms with E-state index in [2.05, 4.69) is 13.8 Å². The largest absolute Gasteiger partial charge is 0.379 e. The molecule has 0 bridgehead atoms. The van der Waals surface area contributed by atoms with Crippen molar-refractivity contribution in [3.63, 3.8) is 0 Å². The number of unbranched alkanes of at least 4 members (excludes halogenated alkanes) is 30. The van der Waals surface area contributed by atoms with Gasteiger partial charge in [0.15, 0.2) is 0 Å². The first-order valence-corrected chi connectivity index (χ1v) is 19.7. The summed E-state index contributed by atoms with van der Waals surface area (Å²) in [6, 6.07) is 0. The molecule has 0 aliphatic rings. The molecule has 0 radical (unpaired) electrons. The summed E-state index contributed by atoms with van der Waals surface area (Å²) in [6.07, 6.45) is 45.0. The molecule has 1 atom stereocenters. The third kappa shape index (κ3) is 36.1. The lowest BCUT2D eigenvalue weighted by atomic mass is 10.0. The summed E-state index contributed by atoms with van der Waals surface area (Å²) in [5, 5.41) is 0. The first kappa shape index (κ1) is 41.9. The molecule has 1 unspecified atom stereocenters. The van der Waals surface area contributed by atoms with Crippen molar-refractivity contribution in [2.45, 2.75) is 225 Å². The zero-order chi connectivity index (χ0) is 30.4. The molecule has 0 amide bonds. The van der Waals surface area contributed by atoms with E-state index >= 15 is 0 Å². The molecule has 0 saturated heterocycles. The van der Waals surface area contributed by atoms with Gasteiger partial charge in [-0.05, 0) is 12.8 Å². The lowest BCUT2D eigenvalue weighted by Crippen LogP contribution is -2.29. The second-order valence-electron chi connectivity index (χ2n) is 13.4. The van der Waals surface area contributed by atoms with E-state index in [1.165, 1.54) is 199 Å². The Morgan fingerprint density at radius 2 is 0.619 bits per heavy atom. The van der Waals surface area contributed by atoms with Crippen LogP contribution in [0.15, 0.2) is 0 Å². The van der Waals surface area contributed by atoms with E-state index in [4.69, 9.17) is 15.2 Å². The van der Waals surface area contributed by atoms with E-state index in [0.717, 1.165) is 19.6 Å². The van der Waals surface area contributed by atoms with E-state index in [1.807, 2.05) is 0 Å². The van der Waals surface area contributed by atoms with Crippen molar-refractivity contribution in [2.75, 3.05) is 26.4 Å². The highest BCUT2D eigenvalue weighted by molar-refractivity contribution is 4.58. The summed E-state index contributed by atoms with van der Waals surface area (Å²) in [5.74, 6) is 0. The van der Waals surface area contributed by atoms with Crippen LogP contribution >= 0.6 is 0 Å². The molecule has 0 fully saturated rings. The van der Waals surface area contributed by atoms with Gasteiger partial charge in [0.1, 0.15) is 0 Å². The minimum absolute atomic E-state index is 0.0717. The van der Waals surface area contributed by atoms with Gasteiger partial charge in [-0.25, -0.2) is 0 Å². The maximum Gasteiger partial charge on any atom is 0.0930 e. The molecular weight excluding hydrogens is 514 g/mol. The Bertz CT molecular complexity index is 458. The maximum absolute atomic E-state index is 5.99. The van der Waals surface area contributed by atoms with Crippen molar-refractivity contribution in [3.8, 4) is 0 Å². The Morgan fingerprint density at radius 1 is 0.357 bits per heavy atom. The predicted octanol–water partition coefficient (Wildman–Crippen LogP) is 12.9. The minimum Gasteiger partial charge on any atom is -0.379 e. The number of hydrogen-bond donors (Lipinski definition) is 1. The molecule has 0 aromatic rings. The highest BCUT2D eigenvalue weighted by atomic mass is 16.5. The number of rotatable bonds is 38. The quantitative estimate of drug-likeness (QED) is 0.0722. The standard InChI is InChI=1S/C39H81NO2/c1-3-5-7-9-11-13-15-17-19-21-23-25-27-29-31-33-35-41-38-39(37-40)42-36-34-32-30-28-26-24-22-20-18-16-14-12-10-8-6-4-2/h39H,3-38,40H2,1-2H3. The van der Waals surface area contributed by atoms with Gasteiger partial charge in [0.2, 0.25) is 0 Å². The van der Waals surface area contributed by atoms with Crippen LogP contribution in [0.3, 0.4) is 0 Å². The van der Waals surface area contributed by atoms with Crippen LogP contribution in [0.25, 0.3) is 0 Å². The van der Waals surface area contributed by atoms with Gasteiger partial charge in [0.25, 0.3) is 0 Å². The third-order valence-corrected chi connectivity index (χ3v) is 9.06. The van der Waals surface area contributed by atoms with Crippen molar-refractivity contribution in [1.82, 2.24) is 0 Å². The van der Waals surface area contributed by atoms with Crippen LogP contribution in [-0.2, 0) is 9.47 Å². The molecular formula is C39H81NO2. The van der Waals surface area contributed by atoms with Gasteiger partial charge >= 0.3 is 0 Å². The van der Waals surface area contributed by atoms with E-state index in [0.29, 0.717) is 13.2 Å². The van der Waals surface area contributed by atoms with Crippen molar-refractivity contribution in [3.05, 3.63) is 0 Å². The van der Waals surface area contributed by atoms with Crippen molar-refractivity contribution in [1.29, 1.82) is 0 Å². The van der Waals surface area contributed by atoms with Gasteiger partial charge in [-0.2, -0.15) is 0 Å². The Labute approximate surface area is 266 Å². The van der Waals surface area contributed by atoms with E-state index in [9.17, 15) is 0 Å². The van der Waals surface area contributed by atoms with Crippen molar-refractivity contribution in [2.24, 2.45) is 5.73 Å². The normalized spacial score (nSPS) is 12.4. The van der Waals surface area contributed by atoms with Crippen LogP contribution in [0.2, 0.25) is 0 Å². The van der Waals surface area contributed by atoms with Crippen LogP contribution in [0, 0.1) is 0 Å². The molecule has 0 aliphatic heterocycles. The zero-order valence-corrected chi connectivity index (χ0v) is 29.4. The maximum atomic E-state index is 5.99. The molecule has 0 rings (SSSR count). The Morgan fingerprint density at radius 3 is 0.905 bits per heavy atom. The fraction of sp³-hybridized carbons (Fsp3) is 1.00. The Kier molecular flexibility index (Phi) is 38.8. The second-order valence-corrected chi connectivity index (χ2v) is 13.4. The molecule has 0 aliphatic carbocycles. The fourth-order valence-corrected chi connectivity index (χ4v) is 6.05. The highest BCUT2D eigenvalue weighted by Gasteiger charge is 2.07.